The van der Waals surface area contributed by atoms with Gasteiger partial charge >= 0.3 is 0 Å². The fourth-order valence-corrected chi connectivity index (χ4v) is 3.96. The third-order valence-electron chi connectivity index (χ3n) is 4.74. The summed E-state index contributed by atoms with van der Waals surface area (Å²) in [4.78, 5) is 9.08. The quantitative estimate of drug-likeness (QED) is 0.578. The molecule has 136 valence electrons. The van der Waals surface area contributed by atoms with Crippen molar-refractivity contribution in [3.05, 3.63) is 0 Å². The van der Waals surface area contributed by atoms with Crippen molar-refractivity contribution in [2.45, 2.75) is 51.8 Å². The molecule has 0 aromatic heterocycles. The van der Waals surface area contributed by atoms with Crippen LogP contribution in [0.3, 0.4) is 0 Å². The summed E-state index contributed by atoms with van der Waals surface area (Å²) < 4.78 is 23.6. The smallest absolute Gasteiger partial charge is 0.194 e. The van der Waals surface area contributed by atoms with Gasteiger partial charge in [0.2, 0.25) is 0 Å². The Balaban J connectivity index is 2.73. The molecule has 23 heavy (non-hydrogen) atoms. The van der Waals surface area contributed by atoms with Gasteiger partial charge in [-0.1, -0.05) is 6.92 Å². The SMILES string of the molecule is CCNC(=NCCN(C)C(C)CC)N1CCS(=O)(=O)C(C)(C)C1. The van der Waals surface area contributed by atoms with E-state index in [0.717, 1.165) is 25.5 Å². The number of guanidine groups is 1. The Hall–Kier alpha value is -0.820. The average molecular weight is 347 g/mol. The zero-order valence-electron chi connectivity index (χ0n) is 15.6. The van der Waals surface area contributed by atoms with Crippen molar-refractivity contribution in [3.8, 4) is 0 Å². The van der Waals surface area contributed by atoms with Gasteiger partial charge in [0.15, 0.2) is 15.8 Å². The van der Waals surface area contributed by atoms with E-state index in [0.29, 0.717) is 25.7 Å². The highest BCUT2D eigenvalue weighted by atomic mass is 32.2. The van der Waals surface area contributed by atoms with E-state index in [9.17, 15) is 8.42 Å². The summed E-state index contributed by atoms with van der Waals surface area (Å²) in [5.74, 6) is 1.02. The number of sulfone groups is 1. The second kappa shape index (κ2) is 8.33. The molecule has 1 heterocycles. The van der Waals surface area contributed by atoms with E-state index in [-0.39, 0.29) is 5.75 Å². The lowest BCUT2D eigenvalue weighted by Crippen LogP contribution is -2.57. The maximum Gasteiger partial charge on any atom is 0.194 e. The molecule has 0 aromatic rings. The van der Waals surface area contributed by atoms with Gasteiger partial charge in [0, 0.05) is 32.2 Å². The zero-order valence-corrected chi connectivity index (χ0v) is 16.4. The first-order valence-electron chi connectivity index (χ1n) is 8.60. The highest BCUT2D eigenvalue weighted by Crippen LogP contribution is 2.23. The molecule has 0 bridgehead atoms. The van der Waals surface area contributed by atoms with E-state index >= 15 is 0 Å². The van der Waals surface area contributed by atoms with E-state index in [1.165, 1.54) is 0 Å². The van der Waals surface area contributed by atoms with E-state index in [1.54, 1.807) is 13.8 Å². The first kappa shape index (κ1) is 20.2. The molecule has 1 saturated heterocycles. The van der Waals surface area contributed by atoms with Gasteiger partial charge in [0.25, 0.3) is 0 Å². The van der Waals surface area contributed by atoms with Crippen LogP contribution in [0.1, 0.15) is 41.0 Å². The molecule has 1 fully saturated rings. The van der Waals surface area contributed by atoms with Gasteiger partial charge in [-0.25, -0.2) is 8.42 Å². The third-order valence-corrected chi connectivity index (χ3v) is 7.27. The molecule has 1 atom stereocenters. The summed E-state index contributed by atoms with van der Waals surface area (Å²) in [6.45, 7) is 13.4. The zero-order chi connectivity index (χ0) is 17.7. The van der Waals surface area contributed by atoms with Gasteiger partial charge < -0.3 is 15.1 Å². The lowest BCUT2D eigenvalue weighted by atomic mass is 10.2. The lowest BCUT2D eigenvalue weighted by Gasteiger charge is -2.39. The second-order valence-electron chi connectivity index (χ2n) is 6.97. The van der Waals surface area contributed by atoms with Crippen molar-refractivity contribution in [2.24, 2.45) is 4.99 Å². The maximum atomic E-state index is 12.1. The summed E-state index contributed by atoms with van der Waals surface area (Å²) in [7, 11) is -0.905. The summed E-state index contributed by atoms with van der Waals surface area (Å²) >= 11 is 0. The van der Waals surface area contributed by atoms with Crippen molar-refractivity contribution < 1.29 is 8.42 Å². The number of nitrogens with zero attached hydrogens (tertiary/aromatic N) is 3. The van der Waals surface area contributed by atoms with Crippen molar-refractivity contribution in [1.82, 2.24) is 15.1 Å². The van der Waals surface area contributed by atoms with E-state index < -0.39 is 14.6 Å². The molecular weight excluding hydrogens is 312 g/mol. The van der Waals surface area contributed by atoms with Crippen LogP contribution >= 0.6 is 0 Å². The summed E-state index contributed by atoms with van der Waals surface area (Å²) in [5.41, 5.74) is 0. The molecule has 0 amide bonds. The average Bonchev–Trinajstić information content (AvgIpc) is 2.48. The Morgan fingerprint density at radius 1 is 1.39 bits per heavy atom. The number of nitrogens with one attached hydrogen (secondary N) is 1. The van der Waals surface area contributed by atoms with Gasteiger partial charge in [0.1, 0.15) is 0 Å². The fourth-order valence-electron chi connectivity index (χ4n) is 2.60. The van der Waals surface area contributed by atoms with E-state index in [1.807, 2.05) is 6.92 Å². The standard InChI is InChI=1S/C16H34N4O2S/c1-7-14(3)19(6)10-9-18-15(17-8-2)20-11-12-23(21,22)16(4,5)13-20/h14H,7-13H2,1-6H3,(H,17,18). The largest absolute Gasteiger partial charge is 0.357 e. The normalized spacial score (nSPS) is 22.2. The molecule has 1 aliphatic heterocycles. The van der Waals surface area contributed by atoms with Crippen LogP contribution in [0.2, 0.25) is 0 Å². The predicted molar refractivity (Wildman–Crippen MR) is 97.8 cm³/mol. The van der Waals surface area contributed by atoms with Crippen LogP contribution in [0.5, 0.6) is 0 Å². The summed E-state index contributed by atoms with van der Waals surface area (Å²) in [5, 5.41) is 3.30. The first-order chi connectivity index (χ1) is 10.6. The van der Waals surface area contributed by atoms with Crippen LogP contribution in [0.15, 0.2) is 4.99 Å². The number of rotatable bonds is 6. The van der Waals surface area contributed by atoms with Crippen LogP contribution in [0.25, 0.3) is 0 Å². The number of hydrogen-bond acceptors (Lipinski definition) is 4. The number of likely N-dealkylation sites (N-methyl/N-ethyl adjacent to an activating group) is 1. The molecule has 0 saturated carbocycles. The van der Waals surface area contributed by atoms with E-state index in [4.69, 9.17) is 4.99 Å². The molecule has 0 spiro atoms. The molecule has 6 nitrogen and oxygen atoms in total. The van der Waals surface area contributed by atoms with Crippen molar-refractivity contribution in [2.75, 3.05) is 45.5 Å². The first-order valence-corrected chi connectivity index (χ1v) is 10.3. The molecular formula is C16H34N4O2S. The predicted octanol–water partition coefficient (Wildman–Crippen LogP) is 1.19. The van der Waals surface area contributed by atoms with Gasteiger partial charge in [0.05, 0.1) is 17.0 Å². The highest BCUT2D eigenvalue weighted by Gasteiger charge is 2.40. The second-order valence-corrected chi connectivity index (χ2v) is 9.72. The number of hydrogen-bond donors (Lipinski definition) is 1. The molecule has 1 unspecified atom stereocenters. The van der Waals surface area contributed by atoms with Crippen LogP contribution < -0.4 is 5.32 Å². The Bertz CT molecular complexity index is 502. The van der Waals surface area contributed by atoms with Crippen LogP contribution in [-0.4, -0.2) is 80.5 Å². The Morgan fingerprint density at radius 3 is 2.57 bits per heavy atom. The van der Waals surface area contributed by atoms with E-state index in [2.05, 4.69) is 36.0 Å². The fraction of sp³-hybridized carbons (Fsp3) is 0.938. The minimum atomic E-state index is -3.02. The van der Waals surface area contributed by atoms with Crippen LogP contribution in [0.4, 0.5) is 0 Å². The monoisotopic (exact) mass is 346 g/mol. The number of aliphatic imine (C=N–C) groups is 1. The van der Waals surface area contributed by atoms with Crippen LogP contribution in [0, 0.1) is 0 Å². The Labute approximate surface area is 142 Å². The van der Waals surface area contributed by atoms with Crippen molar-refractivity contribution in [1.29, 1.82) is 0 Å². The van der Waals surface area contributed by atoms with Gasteiger partial charge in [-0.15, -0.1) is 0 Å². The highest BCUT2D eigenvalue weighted by molar-refractivity contribution is 7.92. The maximum absolute atomic E-state index is 12.1. The molecule has 0 radical (unpaired) electrons. The minimum absolute atomic E-state index is 0.192. The topological polar surface area (TPSA) is 65.0 Å². The third kappa shape index (κ3) is 5.35. The molecule has 0 aliphatic carbocycles. The van der Waals surface area contributed by atoms with Crippen molar-refractivity contribution in [3.63, 3.8) is 0 Å². The lowest BCUT2D eigenvalue weighted by molar-refractivity contribution is 0.258. The van der Waals surface area contributed by atoms with Gasteiger partial charge in [-0.05, 0) is 41.2 Å². The van der Waals surface area contributed by atoms with Crippen molar-refractivity contribution >= 4 is 15.8 Å². The molecule has 1 N–H and O–H groups in total. The Morgan fingerprint density at radius 2 is 2.04 bits per heavy atom. The van der Waals surface area contributed by atoms with Gasteiger partial charge in [-0.3, -0.25) is 4.99 Å². The van der Waals surface area contributed by atoms with Crippen LogP contribution in [-0.2, 0) is 9.84 Å². The summed E-state index contributed by atoms with van der Waals surface area (Å²) in [6.07, 6.45) is 1.12. The minimum Gasteiger partial charge on any atom is -0.357 e. The molecule has 1 aliphatic rings. The summed E-state index contributed by atoms with van der Waals surface area (Å²) in [6, 6.07) is 0.548. The molecule has 0 aromatic carbocycles. The molecule has 1 rings (SSSR count). The molecule has 7 heteroatoms. The Kier molecular flexibility index (Phi) is 7.32. The van der Waals surface area contributed by atoms with Gasteiger partial charge in [-0.2, -0.15) is 0 Å².